The zero-order chi connectivity index (χ0) is 24.6. The topological polar surface area (TPSA) is 121 Å². The van der Waals surface area contributed by atoms with E-state index in [1.54, 1.807) is 12.4 Å². The van der Waals surface area contributed by atoms with E-state index in [1.165, 1.54) is 18.5 Å². The summed E-state index contributed by atoms with van der Waals surface area (Å²) in [4.78, 5) is 37.7. The number of alkyl halides is 3. The molecule has 4 heterocycles. The van der Waals surface area contributed by atoms with E-state index in [4.69, 9.17) is 5.11 Å². The predicted molar refractivity (Wildman–Crippen MR) is 120 cm³/mol. The molecule has 3 aromatic heterocycles. The third-order valence-corrected chi connectivity index (χ3v) is 6.00. The Bertz CT molecular complexity index is 1350. The van der Waals surface area contributed by atoms with Crippen LogP contribution in [-0.4, -0.2) is 54.1 Å². The van der Waals surface area contributed by atoms with Gasteiger partial charge in [-0.1, -0.05) is 0 Å². The minimum Gasteiger partial charge on any atom is -0.481 e. The highest BCUT2D eigenvalue weighted by Gasteiger charge is 2.30. The number of halogens is 3. The highest BCUT2D eigenvalue weighted by molar-refractivity contribution is 5.79. The Balaban J connectivity index is 1.28. The van der Waals surface area contributed by atoms with Crippen LogP contribution >= 0.6 is 0 Å². The molecule has 2 N–H and O–H groups in total. The Morgan fingerprint density at radius 3 is 2.34 bits per heavy atom. The van der Waals surface area contributed by atoms with Crippen LogP contribution in [0, 0.1) is 5.92 Å². The van der Waals surface area contributed by atoms with Crippen LogP contribution in [0.4, 0.5) is 19.1 Å². The van der Waals surface area contributed by atoms with E-state index >= 15 is 0 Å². The molecular weight excluding hydrogens is 463 g/mol. The molecule has 12 heteroatoms. The second kappa shape index (κ2) is 8.93. The molecule has 1 aromatic carbocycles. The lowest BCUT2D eigenvalue weighted by molar-refractivity contribution is -0.138. The van der Waals surface area contributed by atoms with Crippen molar-refractivity contribution in [1.82, 2.24) is 29.9 Å². The van der Waals surface area contributed by atoms with Gasteiger partial charge in [0.1, 0.15) is 5.69 Å². The second-order valence-electron chi connectivity index (χ2n) is 8.40. The van der Waals surface area contributed by atoms with Gasteiger partial charge in [-0.3, -0.25) is 9.78 Å². The number of anilines is 1. The number of rotatable bonds is 5. The number of fused-ring (bicyclic) bond motifs is 1. The van der Waals surface area contributed by atoms with E-state index in [-0.39, 0.29) is 17.9 Å². The van der Waals surface area contributed by atoms with E-state index in [0.29, 0.717) is 47.3 Å². The fourth-order valence-electron chi connectivity index (χ4n) is 4.11. The molecule has 0 saturated carbocycles. The molecule has 0 aliphatic carbocycles. The number of hydrogen-bond acceptors (Lipinski definition) is 7. The number of nitrogens with one attached hydrogen (secondary N) is 1. The van der Waals surface area contributed by atoms with Gasteiger partial charge in [0.15, 0.2) is 5.82 Å². The minimum absolute atomic E-state index is 0.176. The molecular formula is C23H20F3N7O2. The number of carbonyl (C=O) groups is 1. The van der Waals surface area contributed by atoms with E-state index in [2.05, 4.69) is 29.9 Å². The van der Waals surface area contributed by atoms with Gasteiger partial charge in [0.05, 0.1) is 34.7 Å². The summed E-state index contributed by atoms with van der Waals surface area (Å²) in [7, 11) is 0. The van der Waals surface area contributed by atoms with Crippen molar-refractivity contribution >= 4 is 23.0 Å². The average molecular weight is 483 g/mol. The smallest absolute Gasteiger partial charge is 0.416 e. The largest absolute Gasteiger partial charge is 0.481 e. The number of carboxylic acid groups (broad SMARTS) is 1. The number of nitrogens with zero attached hydrogens (tertiary/aromatic N) is 6. The fraction of sp³-hybridized carbons (Fsp3) is 0.304. The maximum atomic E-state index is 12.9. The van der Waals surface area contributed by atoms with E-state index < -0.39 is 17.7 Å². The molecule has 9 nitrogen and oxygen atoms in total. The highest BCUT2D eigenvalue weighted by Crippen LogP contribution is 2.31. The number of carboxylic acids is 1. The van der Waals surface area contributed by atoms with E-state index in [1.807, 2.05) is 4.90 Å². The fourth-order valence-corrected chi connectivity index (χ4v) is 4.11. The van der Waals surface area contributed by atoms with Crippen LogP contribution in [0.2, 0.25) is 0 Å². The summed E-state index contributed by atoms with van der Waals surface area (Å²) < 4.78 is 38.8. The quantitative estimate of drug-likeness (QED) is 0.434. The molecule has 1 aliphatic heterocycles. The number of benzene rings is 1. The Morgan fingerprint density at radius 2 is 1.71 bits per heavy atom. The summed E-state index contributed by atoms with van der Waals surface area (Å²) in [6.07, 6.45) is 3.62. The highest BCUT2D eigenvalue weighted by atomic mass is 19.4. The van der Waals surface area contributed by atoms with Crippen molar-refractivity contribution in [2.75, 3.05) is 18.0 Å². The summed E-state index contributed by atoms with van der Waals surface area (Å²) in [5.41, 5.74) is 1.49. The second-order valence-corrected chi connectivity index (χ2v) is 8.40. The van der Waals surface area contributed by atoms with Gasteiger partial charge in [-0.25, -0.2) is 19.9 Å². The summed E-state index contributed by atoms with van der Waals surface area (Å²) in [5, 5.41) is 8.95. The molecule has 1 saturated heterocycles. The van der Waals surface area contributed by atoms with Crippen LogP contribution in [-0.2, 0) is 11.0 Å². The normalized spacial score (nSPS) is 15.0. The van der Waals surface area contributed by atoms with Crippen molar-refractivity contribution in [1.29, 1.82) is 0 Å². The predicted octanol–water partition coefficient (Wildman–Crippen LogP) is 4.19. The minimum atomic E-state index is -4.44. The van der Waals surface area contributed by atoms with Crippen molar-refractivity contribution in [2.24, 2.45) is 5.92 Å². The number of aromatic amines is 1. The lowest BCUT2D eigenvalue weighted by atomic mass is 9.94. The first kappa shape index (κ1) is 22.7. The first-order chi connectivity index (χ1) is 16.8. The van der Waals surface area contributed by atoms with Gasteiger partial charge in [-0.2, -0.15) is 13.2 Å². The Hall–Kier alpha value is -4.09. The zero-order valence-electron chi connectivity index (χ0n) is 18.3. The first-order valence-electron chi connectivity index (χ1n) is 10.9. The number of hydrogen-bond donors (Lipinski definition) is 2. The first-order valence-corrected chi connectivity index (χ1v) is 10.9. The third kappa shape index (κ3) is 4.91. The van der Waals surface area contributed by atoms with Gasteiger partial charge in [-0.15, -0.1) is 0 Å². The monoisotopic (exact) mass is 483 g/mol. The van der Waals surface area contributed by atoms with Crippen molar-refractivity contribution in [2.45, 2.75) is 25.4 Å². The summed E-state index contributed by atoms with van der Waals surface area (Å²) in [6.45, 7) is 1.40. The van der Waals surface area contributed by atoms with Crippen LogP contribution < -0.4 is 4.90 Å². The Morgan fingerprint density at radius 1 is 1.03 bits per heavy atom. The SMILES string of the molecule is O=C(O)CC1CCN(c2ncc(-c3cnc(-c4nc5ccc(C(F)(F)F)cc5[nH]4)cn3)cn2)CC1. The zero-order valence-corrected chi connectivity index (χ0v) is 18.3. The maximum Gasteiger partial charge on any atom is 0.416 e. The molecule has 0 amide bonds. The van der Waals surface area contributed by atoms with E-state index in [0.717, 1.165) is 25.0 Å². The molecule has 4 aromatic rings. The number of aliphatic carboxylic acids is 1. The standard InChI is InChI=1S/C23H20F3N7O2/c24-23(25,26)15-1-2-16-17(8-15)32-21(31-16)19-12-27-18(11-28-19)14-9-29-22(30-10-14)33-5-3-13(4-6-33)7-20(34)35/h1-2,8-13H,3-7H2,(H,31,32)(H,34,35). The maximum absolute atomic E-state index is 12.9. The molecule has 0 bridgehead atoms. The molecule has 1 aliphatic rings. The Kier molecular flexibility index (Phi) is 5.79. The molecule has 0 unspecified atom stereocenters. The third-order valence-electron chi connectivity index (χ3n) is 6.00. The summed E-state index contributed by atoms with van der Waals surface area (Å²) >= 11 is 0. The van der Waals surface area contributed by atoms with Gasteiger partial charge in [0.2, 0.25) is 5.95 Å². The van der Waals surface area contributed by atoms with Crippen molar-refractivity contribution in [3.8, 4) is 22.8 Å². The lowest BCUT2D eigenvalue weighted by Gasteiger charge is -2.31. The molecule has 35 heavy (non-hydrogen) atoms. The summed E-state index contributed by atoms with van der Waals surface area (Å²) in [5.74, 6) is 0.297. The van der Waals surface area contributed by atoms with Gasteiger partial charge >= 0.3 is 12.1 Å². The van der Waals surface area contributed by atoms with Crippen LogP contribution in [0.1, 0.15) is 24.8 Å². The summed E-state index contributed by atoms with van der Waals surface area (Å²) in [6, 6.07) is 3.32. The molecule has 5 rings (SSSR count). The number of H-pyrrole nitrogens is 1. The van der Waals surface area contributed by atoms with Gasteiger partial charge in [0.25, 0.3) is 0 Å². The molecule has 0 radical (unpaired) electrons. The van der Waals surface area contributed by atoms with Gasteiger partial charge in [-0.05, 0) is 37.0 Å². The van der Waals surface area contributed by atoms with Crippen LogP contribution in [0.15, 0.2) is 43.0 Å². The number of aromatic nitrogens is 6. The van der Waals surface area contributed by atoms with Crippen molar-refractivity contribution in [3.05, 3.63) is 48.5 Å². The van der Waals surface area contributed by atoms with Gasteiger partial charge in [0, 0.05) is 37.5 Å². The molecule has 0 spiro atoms. The van der Waals surface area contributed by atoms with Crippen LogP contribution in [0.5, 0.6) is 0 Å². The van der Waals surface area contributed by atoms with E-state index in [9.17, 15) is 18.0 Å². The van der Waals surface area contributed by atoms with Crippen molar-refractivity contribution in [3.63, 3.8) is 0 Å². The average Bonchev–Trinajstić information content (AvgIpc) is 3.28. The van der Waals surface area contributed by atoms with Crippen LogP contribution in [0.3, 0.4) is 0 Å². The lowest BCUT2D eigenvalue weighted by Crippen LogP contribution is -2.35. The van der Waals surface area contributed by atoms with Gasteiger partial charge < -0.3 is 15.0 Å². The molecule has 0 atom stereocenters. The van der Waals surface area contributed by atoms with Crippen molar-refractivity contribution < 1.29 is 23.1 Å². The Labute approximate surface area is 197 Å². The number of piperidine rings is 1. The van der Waals surface area contributed by atoms with Crippen LogP contribution in [0.25, 0.3) is 33.8 Å². The number of imidazole rings is 1. The molecule has 1 fully saturated rings. The molecule has 180 valence electrons.